The molecule has 0 radical (unpaired) electrons. The van der Waals surface area contributed by atoms with Gasteiger partial charge in [-0.15, -0.1) is 0 Å². The highest BCUT2D eigenvalue weighted by Crippen LogP contribution is 2.42. The molecule has 2 aromatic rings. The van der Waals surface area contributed by atoms with Gasteiger partial charge < -0.3 is 5.32 Å². The molecule has 2 heteroatoms. The van der Waals surface area contributed by atoms with E-state index < -0.39 is 0 Å². The third-order valence-electron chi connectivity index (χ3n) is 7.65. The van der Waals surface area contributed by atoms with Crippen molar-refractivity contribution in [1.82, 2.24) is 10.2 Å². The van der Waals surface area contributed by atoms with Gasteiger partial charge in [0.1, 0.15) is 0 Å². The summed E-state index contributed by atoms with van der Waals surface area (Å²) in [4.78, 5) is 2.80. The first-order valence-electron chi connectivity index (χ1n) is 11.5. The smallest absolute Gasteiger partial charge is 0.0361 e. The van der Waals surface area contributed by atoms with Crippen molar-refractivity contribution >= 4 is 0 Å². The zero-order chi connectivity index (χ0) is 18.8. The normalized spacial score (nSPS) is 30.2. The lowest BCUT2D eigenvalue weighted by atomic mass is 9.70. The molecule has 0 spiro atoms. The monoisotopic (exact) mass is 374 g/mol. The Morgan fingerprint density at radius 3 is 1.93 bits per heavy atom. The van der Waals surface area contributed by atoms with Crippen LogP contribution < -0.4 is 5.32 Å². The number of hydrogen-bond acceptors (Lipinski definition) is 2. The second-order valence-corrected chi connectivity index (χ2v) is 9.25. The minimum atomic E-state index is 0.451. The standard InChI is InChI=1S/C26H34N2/c1-3-11-21(12-4-1)24(22-13-5-2-6-14-22)26-25(23-15-17-28(26)18-16-23)27-19-20-9-7-8-10-20/h1-6,11-14,20,23-27H,7-10,15-19H2/t25-,26+/m1/s1. The predicted octanol–water partition coefficient (Wildman–Crippen LogP) is 5.06. The van der Waals surface area contributed by atoms with Gasteiger partial charge in [-0.2, -0.15) is 0 Å². The van der Waals surface area contributed by atoms with Gasteiger partial charge in [0.2, 0.25) is 0 Å². The zero-order valence-electron chi connectivity index (χ0n) is 17.0. The number of fused-ring (bicyclic) bond motifs is 3. The predicted molar refractivity (Wildman–Crippen MR) is 117 cm³/mol. The summed E-state index contributed by atoms with van der Waals surface area (Å²) in [5.74, 6) is 2.20. The van der Waals surface area contributed by atoms with E-state index >= 15 is 0 Å². The van der Waals surface area contributed by atoms with Crippen LogP contribution in [0, 0.1) is 11.8 Å². The fourth-order valence-corrected chi connectivity index (χ4v) is 6.21. The summed E-state index contributed by atoms with van der Waals surface area (Å²) in [5.41, 5.74) is 2.94. The fourth-order valence-electron chi connectivity index (χ4n) is 6.21. The largest absolute Gasteiger partial charge is 0.312 e. The van der Waals surface area contributed by atoms with Crippen molar-refractivity contribution in [3.05, 3.63) is 71.8 Å². The Kier molecular flexibility index (Phi) is 5.51. The average molecular weight is 375 g/mol. The second-order valence-electron chi connectivity index (χ2n) is 9.25. The van der Waals surface area contributed by atoms with Crippen LogP contribution in [0.1, 0.15) is 55.6 Å². The first-order chi connectivity index (χ1) is 13.9. The first kappa shape index (κ1) is 18.4. The molecule has 0 aromatic heterocycles. The molecule has 3 aliphatic heterocycles. The van der Waals surface area contributed by atoms with Crippen LogP contribution in [-0.2, 0) is 0 Å². The molecule has 0 amide bonds. The van der Waals surface area contributed by atoms with Crippen molar-refractivity contribution in [3.8, 4) is 0 Å². The molecule has 28 heavy (non-hydrogen) atoms. The molecule has 4 aliphatic rings. The molecule has 4 fully saturated rings. The highest BCUT2D eigenvalue weighted by atomic mass is 15.2. The number of nitrogens with zero attached hydrogens (tertiary/aromatic N) is 1. The summed E-state index contributed by atoms with van der Waals surface area (Å²) in [6, 6.07) is 23.7. The fraction of sp³-hybridized carbons (Fsp3) is 0.538. The average Bonchev–Trinajstić information content (AvgIpc) is 3.29. The van der Waals surface area contributed by atoms with Crippen LogP contribution in [0.5, 0.6) is 0 Å². The molecule has 0 unspecified atom stereocenters. The number of piperidine rings is 3. The Bertz CT molecular complexity index is 690. The Balaban J connectivity index is 1.47. The van der Waals surface area contributed by atoms with Crippen LogP contribution in [0.3, 0.4) is 0 Å². The molecule has 2 bridgehead atoms. The van der Waals surface area contributed by atoms with Gasteiger partial charge in [-0.1, -0.05) is 73.5 Å². The second kappa shape index (κ2) is 8.39. The molecular weight excluding hydrogens is 340 g/mol. The molecule has 2 nitrogen and oxygen atoms in total. The molecule has 3 saturated heterocycles. The van der Waals surface area contributed by atoms with Gasteiger partial charge >= 0.3 is 0 Å². The highest BCUT2D eigenvalue weighted by molar-refractivity contribution is 5.36. The van der Waals surface area contributed by atoms with Gasteiger partial charge in [-0.25, -0.2) is 0 Å². The van der Waals surface area contributed by atoms with E-state index in [2.05, 4.69) is 70.9 Å². The topological polar surface area (TPSA) is 15.3 Å². The number of benzene rings is 2. The lowest BCUT2D eigenvalue weighted by molar-refractivity contribution is 0.00411. The minimum Gasteiger partial charge on any atom is -0.312 e. The number of hydrogen-bond donors (Lipinski definition) is 1. The quantitative estimate of drug-likeness (QED) is 0.760. The summed E-state index contributed by atoms with van der Waals surface area (Å²) in [6.45, 7) is 3.77. The third kappa shape index (κ3) is 3.65. The van der Waals surface area contributed by atoms with Gasteiger partial charge in [0.15, 0.2) is 0 Å². The molecule has 2 aromatic carbocycles. The molecule has 148 valence electrons. The number of nitrogens with one attached hydrogen (secondary N) is 1. The summed E-state index contributed by atoms with van der Waals surface area (Å²) >= 11 is 0. The van der Waals surface area contributed by atoms with Gasteiger partial charge in [-0.3, -0.25) is 4.90 Å². The van der Waals surface area contributed by atoms with Crippen molar-refractivity contribution in [2.24, 2.45) is 11.8 Å². The Labute approximate surface area is 170 Å². The SMILES string of the molecule is c1ccc(C(c2ccccc2)[C@H]2[C@H](NCC3CCCC3)C3CCN2CC3)cc1. The van der Waals surface area contributed by atoms with Crippen molar-refractivity contribution < 1.29 is 0 Å². The summed E-state index contributed by atoms with van der Waals surface area (Å²) in [6.07, 6.45) is 8.47. The summed E-state index contributed by atoms with van der Waals surface area (Å²) < 4.78 is 0. The van der Waals surface area contributed by atoms with Crippen LogP contribution in [0.25, 0.3) is 0 Å². The minimum absolute atomic E-state index is 0.451. The zero-order valence-corrected chi connectivity index (χ0v) is 17.0. The van der Waals surface area contributed by atoms with Crippen LogP contribution in [0.4, 0.5) is 0 Å². The van der Waals surface area contributed by atoms with E-state index in [9.17, 15) is 0 Å². The van der Waals surface area contributed by atoms with E-state index in [0.717, 1.165) is 11.8 Å². The molecule has 1 saturated carbocycles. The Morgan fingerprint density at radius 1 is 0.786 bits per heavy atom. The van der Waals surface area contributed by atoms with Crippen LogP contribution in [0.15, 0.2) is 60.7 Å². The maximum atomic E-state index is 4.12. The lowest BCUT2D eigenvalue weighted by Crippen LogP contribution is -2.64. The van der Waals surface area contributed by atoms with Gasteiger partial charge in [0.25, 0.3) is 0 Å². The third-order valence-corrected chi connectivity index (χ3v) is 7.65. The van der Waals surface area contributed by atoms with Crippen molar-refractivity contribution in [1.29, 1.82) is 0 Å². The van der Waals surface area contributed by atoms with Gasteiger partial charge in [0, 0.05) is 18.0 Å². The van der Waals surface area contributed by atoms with E-state index in [4.69, 9.17) is 0 Å². The number of rotatable bonds is 6. The highest BCUT2D eigenvalue weighted by Gasteiger charge is 2.46. The van der Waals surface area contributed by atoms with Gasteiger partial charge in [-0.05, 0) is 68.3 Å². The summed E-state index contributed by atoms with van der Waals surface area (Å²) in [5, 5.41) is 4.12. The van der Waals surface area contributed by atoms with E-state index in [1.807, 2.05) is 0 Å². The molecule has 1 N–H and O–H groups in total. The van der Waals surface area contributed by atoms with Crippen LogP contribution in [0.2, 0.25) is 0 Å². The van der Waals surface area contributed by atoms with Crippen molar-refractivity contribution in [2.45, 2.75) is 56.5 Å². The molecule has 1 aliphatic carbocycles. The van der Waals surface area contributed by atoms with E-state index in [-0.39, 0.29) is 0 Å². The maximum Gasteiger partial charge on any atom is 0.0361 e. The first-order valence-corrected chi connectivity index (χ1v) is 11.5. The Morgan fingerprint density at radius 2 is 1.36 bits per heavy atom. The molecular formula is C26H34N2. The van der Waals surface area contributed by atoms with E-state index in [1.54, 1.807) is 0 Å². The van der Waals surface area contributed by atoms with Crippen molar-refractivity contribution in [3.63, 3.8) is 0 Å². The molecule has 6 rings (SSSR count). The van der Waals surface area contributed by atoms with Crippen LogP contribution in [-0.4, -0.2) is 36.6 Å². The van der Waals surface area contributed by atoms with Gasteiger partial charge in [0.05, 0.1) is 0 Å². The molecule has 2 atom stereocenters. The Hall–Kier alpha value is -1.64. The maximum absolute atomic E-state index is 4.12. The summed E-state index contributed by atoms with van der Waals surface area (Å²) in [7, 11) is 0. The lowest BCUT2D eigenvalue weighted by Gasteiger charge is -2.54. The van der Waals surface area contributed by atoms with E-state index in [0.29, 0.717) is 18.0 Å². The van der Waals surface area contributed by atoms with E-state index in [1.165, 1.54) is 69.3 Å². The molecule has 3 heterocycles. The van der Waals surface area contributed by atoms with Crippen molar-refractivity contribution in [2.75, 3.05) is 19.6 Å². The van der Waals surface area contributed by atoms with Crippen LogP contribution >= 0.6 is 0 Å².